The number of anilines is 1. The Hall–Kier alpha value is -3.07. The number of nitrogens with one attached hydrogen (secondary N) is 1. The molecule has 1 amide bonds. The van der Waals surface area contributed by atoms with Gasteiger partial charge in [-0.2, -0.15) is 9.61 Å². The van der Waals surface area contributed by atoms with Crippen LogP contribution < -0.4 is 10.9 Å². The molecule has 2 heterocycles. The van der Waals surface area contributed by atoms with Gasteiger partial charge in [-0.05, 0) is 43.9 Å². The zero-order chi connectivity index (χ0) is 22.1. The van der Waals surface area contributed by atoms with Crippen molar-refractivity contribution in [3.63, 3.8) is 0 Å². The highest BCUT2D eigenvalue weighted by Crippen LogP contribution is 2.41. The second kappa shape index (κ2) is 8.82. The van der Waals surface area contributed by atoms with Crippen molar-refractivity contribution in [3.05, 3.63) is 57.0 Å². The number of esters is 1. The molecule has 5 rings (SSSR count). The summed E-state index contributed by atoms with van der Waals surface area (Å²) in [6.07, 6.45) is 7.36. The van der Waals surface area contributed by atoms with E-state index in [1.54, 1.807) is 24.3 Å². The number of amides is 1. The molecule has 2 aliphatic rings. The summed E-state index contributed by atoms with van der Waals surface area (Å²) in [5.74, 6) is -0.0630. The van der Waals surface area contributed by atoms with Gasteiger partial charge in [0.15, 0.2) is 0 Å². The summed E-state index contributed by atoms with van der Waals surface area (Å²) in [7, 11) is 0. The minimum Gasteiger partial charge on any atom is -0.456 e. The Morgan fingerprint density at radius 1 is 1.12 bits per heavy atom. The maximum atomic E-state index is 12.6. The van der Waals surface area contributed by atoms with Gasteiger partial charge in [0.1, 0.15) is 11.6 Å². The maximum Gasteiger partial charge on any atom is 0.338 e. The molecule has 2 aliphatic carbocycles. The van der Waals surface area contributed by atoms with Crippen LogP contribution in [0.2, 0.25) is 0 Å². The standard InChI is InChI=1S/C23H24N4O4S/c28-19-12-18(25-23-27(19)26-21(32-23)15-9-10-15)13-31-22(30)16-7-4-8-17(11-16)24-20(29)14-5-2-1-3-6-14/h4,7-8,11-12,14-15H,1-3,5-6,9-10,13H2,(H,24,29). The number of hydrogen-bond donors (Lipinski definition) is 1. The van der Waals surface area contributed by atoms with Gasteiger partial charge in [0.2, 0.25) is 10.9 Å². The quantitative estimate of drug-likeness (QED) is 0.569. The molecule has 0 radical (unpaired) electrons. The normalized spacial score (nSPS) is 16.8. The van der Waals surface area contributed by atoms with Crippen molar-refractivity contribution in [2.24, 2.45) is 5.92 Å². The Bertz CT molecular complexity index is 1220. The van der Waals surface area contributed by atoms with Gasteiger partial charge >= 0.3 is 5.97 Å². The van der Waals surface area contributed by atoms with Gasteiger partial charge < -0.3 is 10.1 Å². The molecular weight excluding hydrogens is 428 g/mol. The van der Waals surface area contributed by atoms with Crippen molar-refractivity contribution in [1.82, 2.24) is 14.6 Å². The van der Waals surface area contributed by atoms with Crippen LogP contribution in [0.15, 0.2) is 35.1 Å². The van der Waals surface area contributed by atoms with Crippen LogP contribution >= 0.6 is 11.3 Å². The molecule has 0 aliphatic heterocycles. The summed E-state index contributed by atoms with van der Waals surface area (Å²) in [6.45, 7) is -0.111. The van der Waals surface area contributed by atoms with Crippen LogP contribution in [0.1, 0.15) is 71.9 Å². The SMILES string of the molecule is O=C(OCc1cc(=O)n2nc(C3CC3)sc2n1)c1cccc(NC(=O)C2CCCCC2)c1. The molecule has 9 heteroatoms. The molecule has 0 spiro atoms. The molecule has 2 aromatic heterocycles. The first-order valence-corrected chi connectivity index (χ1v) is 11.9. The van der Waals surface area contributed by atoms with Crippen molar-refractivity contribution in [2.45, 2.75) is 57.5 Å². The number of hydrogen-bond acceptors (Lipinski definition) is 7. The molecule has 0 saturated heterocycles. The van der Waals surface area contributed by atoms with E-state index >= 15 is 0 Å². The number of ether oxygens (including phenoxy) is 1. The van der Waals surface area contributed by atoms with Crippen LogP contribution in [0.25, 0.3) is 4.96 Å². The smallest absolute Gasteiger partial charge is 0.338 e. The maximum absolute atomic E-state index is 12.6. The average Bonchev–Trinajstić information content (AvgIpc) is 3.57. The molecule has 1 aromatic carbocycles. The minimum absolute atomic E-state index is 0.00307. The highest BCUT2D eigenvalue weighted by atomic mass is 32.1. The van der Waals surface area contributed by atoms with Crippen molar-refractivity contribution >= 4 is 33.9 Å². The van der Waals surface area contributed by atoms with Crippen LogP contribution in [-0.4, -0.2) is 26.5 Å². The topological polar surface area (TPSA) is 103 Å². The number of fused-ring (bicyclic) bond motifs is 1. The fourth-order valence-corrected chi connectivity index (χ4v) is 5.09. The van der Waals surface area contributed by atoms with Crippen molar-refractivity contribution in [2.75, 3.05) is 5.32 Å². The van der Waals surface area contributed by atoms with Gasteiger partial charge in [0, 0.05) is 23.6 Å². The Morgan fingerprint density at radius 2 is 1.94 bits per heavy atom. The third-order valence-electron chi connectivity index (χ3n) is 5.93. The van der Waals surface area contributed by atoms with E-state index in [-0.39, 0.29) is 24.0 Å². The van der Waals surface area contributed by atoms with Crippen LogP contribution in [0.3, 0.4) is 0 Å². The van der Waals surface area contributed by atoms with Gasteiger partial charge in [-0.25, -0.2) is 9.78 Å². The molecule has 2 saturated carbocycles. The second-order valence-electron chi connectivity index (χ2n) is 8.48. The Kier molecular flexibility index (Phi) is 5.73. The number of nitrogens with zero attached hydrogens (tertiary/aromatic N) is 3. The van der Waals surface area contributed by atoms with Gasteiger partial charge in [-0.1, -0.05) is 36.7 Å². The molecule has 32 heavy (non-hydrogen) atoms. The average molecular weight is 453 g/mol. The lowest BCUT2D eigenvalue weighted by Crippen LogP contribution is -2.24. The van der Waals surface area contributed by atoms with Crippen LogP contribution in [0, 0.1) is 5.92 Å². The van der Waals surface area contributed by atoms with Crippen molar-refractivity contribution in [3.8, 4) is 0 Å². The molecule has 0 bridgehead atoms. The molecule has 0 atom stereocenters. The highest BCUT2D eigenvalue weighted by Gasteiger charge is 2.28. The van der Waals surface area contributed by atoms with E-state index in [9.17, 15) is 14.4 Å². The highest BCUT2D eigenvalue weighted by molar-refractivity contribution is 7.16. The summed E-state index contributed by atoms with van der Waals surface area (Å²) in [5, 5.41) is 8.19. The lowest BCUT2D eigenvalue weighted by Gasteiger charge is -2.20. The van der Waals surface area contributed by atoms with Crippen LogP contribution in [-0.2, 0) is 16.1 Å². The number of aromatic nitrogens is 3. The van der Waals surface area contributed by atoms with E-state index in [0.29, 0.717) is 27.8 Å². The first kappa shape index (κ1) is 20.8. The predicted octanol–water partition coefficient (Wildman–Crippen LogP) is 3.90. The number of benzene rings is 1. The first-order valence-electron chi connectivity index (χ1n) is 11.0. The summed E-state index contributed by atoms with van der Waals surface area (Å²) < 4.78 is 6.69. The molecule has 1 N–H and O–H groups in total. The molecule has 2 fully saturated rings. The molecule has 3 aromatic rings. The van der Waals surface area contributed by atoms with Gasteiger partial charge in [0.25, 0.3) is 5.56 Å². The lowest BCUT2D eigenvalue weighted by atomic mass is 9.88. The van der Waals surface area contributed by atoms with E-state index in [2.05, 4.69) is 15.4 Å². The molecule has 0 unspecified atom stereocenters. The van der Waals surface area contributed by atoms with E-state index < -0.39 is 5.97 Å². The third kappa shape index (κ3) is 4.57. The van der Waals surface area contributed by atoms with Gasteiger partial charge in [-0.15, -0.1) is 0 Å². The largest absolute Gasteiger partial charge is 0.456 e. The van der Waals surface area contributed by atoms with Crippen LogP contribution in [0.5, 0.6) is 0 Å². The molecular formula is C23H24N4O4S. The van der Waals surface area contributed by atoms with Crippen LogP contribution in [0.4, 0.5) is 5.69 Å². The van der Waals surface area contributed by atoms with E-state index in [1.807, 2.05) is 0 Å². The monoisotopic (exact) mass is 452 g/mol. The van der Waals surface area contributed by atoms with E-state index in [1.165, 1.54) is 28.3 Å². The summed E-state index contributed by atoms with van der Waals surface area (Å²) in [4.78, 5) is 42.3. The number of carbonyl (C=O) groups is 2. The Balaban J connectivity index is 1.23. The van der Waals surface area contributed by atoms with Crippen molar-refractivity contribution in [1.29, 1.82) is 0 Å². The fraction of sp³-hybridized carbons (Fsp3) is 0.435. The molecule has 166 valence electrons. The first-order chi connectivity index (χ1) is 15.6. The second-order valence-corrected chi connectivity index (χ2v) is 9.46. The Labute approximate surface area is 188 Å². The third-order valence-corrected chi connectivity index (χ3v) is 7.00. The van der Waals surface area contributed by atoms with Gasteiger partial charge in [0.05, 0.1) is 11.3 Å². The molecule has 8 nitrogen and oxygen atoms in total. The zero-order valence-corrected chi connectivity index (χ0v) is 18.4. The number of rotatable bonds is 6. The van der Waals surface area contributed by atoms with Crippen molar-refractivity contribution < 1.29 is 14.3 Å². The van der Waals surface area contributed by atoms with E-state index in [0.717, 1.165) is 43.5 Å². The zero-order valence-electron chi connectivity index (χ0n) is 17.6. The number of carbonyl (C=O) groups excluding carboxylic acids is 2. The predicted molar refractivity (Wildman–Crippen MR) is 120 cm³/mol. The lowest BCUT2D eigenvalue weighted by molar-refractivity contribution is -0.120. The Morgan fingerprint density at radius 3 is 2.72 bits per heavy atom. The summed E-state index contributed by atoms with van der Waals surface area (Å²) in [5.41, 5.74) is 1.01. The van der Waals surface area contributed by atoms with E-state index in [4.69, 9.17) is 4.74 Å². The van der Waals surface area contributed by atoms with Gasteiger partial charge in [-0.3, -0.25) is 9.59 Å². The fourth-order valence-electron chi connectivity index (χ4n) is 4.00. The summed E-state index contributed by atoms with van der Waals surface area (Å²) in [6, 6.07) is 8.06. The minimum atomic E-state index is -0.538. The summed E-state index contributed by atoms with van der Waals surface area (Å²) >= 11 is 1.41.